The summed E-state index contributed by atoms with van der Waals surface area (Å²) in [5.41, 5.74) is 2.50. The number of ether oxygens (including phenoxy) is 1. The van der Waals surface area contributed by atoms with Gasteiger partial charge in [0, 0.05) is 0 Å². The van der Waals surface area contributed by atoms with Crippen molar-refractivity contribution in [2.24, 2.45) is 5.14 Å². The molecule has 18 heavy (non-hydrogen) atoms. The van der Waals surface area contributed by atoms with E-state index in [-0.39, 0.29) is 4.90 Å². The summed E-state index contributed by atoms with van der Waals surface area (Å²) in [7, 11) is -3.67. The molecule has 0 aliphatic carbocycles. The molecule has 0 saturated heterocycles. The molecule has 0 fully saturated rings. The first-order valence-electron chi connectivity index (χ1n) is 5.69. The van der Waals surface area contributed by atoms with Crippen LogP contribution < -0.4 is 9.88 Å². The third-order valence-corrected chi connectivity index (χ3v) is 3.58. The molecule has 5 heteroatoms. The van der Waals surface area contributed by atoms with Gasteiger partial charge in [0.15, 0.2) is 0 Å². The summed E-state index contributed by atoms with van der Waals surface area (Å²) in [6.07, 6.45) is 0.855. The number of sulfonamides is 1. The Morgan fingerprint density at radius 3 is 2.22 bits per heavy atom. The average molecular weight is 269 g/mol. The van der Waals surface area contributed by atoms with Crippen molar-refractivity contribution in [3.63, 3.8) is 0 Å². The van der Waals surface area contributed by atoms with Crippen LogP contribution in [-0.2, 0) is 10.0 Å². The molecule has 4 nitrogen and oxygen atoms in total. The lowest BCUT2D eigenvalue weighted by atomic mass is 10.1. The SMILES string of the molecule is C=C(CC)COc1c(C)cc(S(N)(=O)=O)cc1C. The maximum absolute atomic E-state index is 11.3. The molecule has 1 rings (SSSR count). The van der Waals surface area contributed by atoms with Gasteiger partial charge in [-0.3, -0.25) is 0 Å². The molecule has 0 unspecified atom stereocenters. The smallest absolute Gasteiger partial charge is 0.238 e. The van der Waals surface area contributed by atoms with Crippen molar-refractivity contribution in [3.05, 3.63) is 35.4 Å². The standard InChI is InChI=1S/C13H19NO3S/c1-5-9(2)8-17-13-10(3)6-12(7-11(13)4)18(14,15)16/h6-7H,2,5,8H2,1,3-4H3,(H2,14,15,16). The van der Waals surface area contributed by atoms with E-state index in [9.17, 15) is 8.42 Å². The summed E-state index contributed by atoms with van der Waals surface area (Å²) in [5.74, 6) is 0.692. The fourth-order valence-electron chi connectivity index (χ4n) is 1.58. The summed E-state index contributed by atoms with van der Waals surface area (Å²) >= 11 is 0. The zero-order valence-electron chi connectivity index (χ0n) is 11.0. The van der Waals surface area contributed by atoms with E-state index in [1.165, 1.54) is 12.1 Å². The Bertz CT molecular complexity index is 539. The maximum atomic E-state index is 11.3. The number of primary sulfonamides is 1. The van der Waals surface area contributed by atoms with Gasteiger partial charge < -0.3 is 4.74 Å². The minimum absolute atomic E-state index is 0.110. The molecule has 100 valence electrons. The van der Waals surface area contributed by atoms with E-state index in [0.717, 1.165) is 23.1 Å². The molecule has 0 amide bonds. The molecule has 0 aliphatic rings. The molecule has 0 spiro atoms. The van der Waals surface area contributed by atoms with Gasteiger partial charge in [0.05, 0.1) is 4.90 Å². The molecule has 0 atom stereocenters. The minimum atomic E-state index is -3.67. The van der Waals surface area contributed by atoms with Gasteiger partial charge >= 0.3 is 0 Å². The molecule has 1 aromatic carbocycles. The number of hydrogen-bond acceptors (Lipinski definition) is 3. The Hall–Kier alpha value is -1.33. The minimum Gasteiger partial charge on any atom is -0.489 e. The molecule has 0 saturated carbocycles. The summed E-state index contributed by atoms with van der Waals surface area (Å²) < 4.78 is 28.2. The molecular formula is C13H19NO3S. The number of rotatable bonds is 5. The number of benzene rings is 1. The summed E-state index contributed by atoms with van der Waals surface area (Å²) in [5, 5.41) is 5.11. The van der Waals surface area contributed by atoms with Crippen LogP contribution in [0.5, 0.6) is 5.75 Å². The van der Waals surface area contributed by atoms with E-state index in [1.807, 2.05) is 6.92 Å². The van der Waals surface area contributed by atoms with E-state index < -0.39 is 10.0 Å². The topological polar surface area (TPSA) is 69.4 Å². The van der Waals surface area contributed by atoms with Gasteiger partial charge in [-0.25, -0.2) is 13.6 Å². The predicted molar refractivity (Wildman–Crippen MR) is 72.2 cm³/mol. The van der Waals surface area contributed by atoms with Crippen LogP contribution in [-0.4, -0.2) is 15.0 Å². The maximum Gasteiger partial charge on any atom is 0.238 e. The predicted octanol–water partition coefficient (Wildman–Crippen LogP) is 2.30. The van der Waals surface area contributed by atoms with Crippen LogP contribution >= 0.6 is 0 Å². The summed E-state index contributed by atoms with van der Waals surface area (Å²) in [6.45, 7) is 9.91. The average Bonchev–Trinajstić information content (AvgIpc) is 2.26. The zero-order valence-corrected chi connectivity index (χ0v) is 11.8. The second kappa shape index (κ2) is 5.54. The van der Waals surface area contributed by atoms with Gasteiger partial charge in [0.2, 0.25) is 10.0 Å². The van der Waals surface area contributed by atoms with Crippen molar-refractivity contribution in [1.29, 1.82) is 0 Å². The Balaban J connectivity index is 3.06. The lowest BCUT2D eigenvalue weighted by Crippen LogP contribution is -2.13. The molecule has 0 bridgehead atoms. The largest absolute Gasteiger partial charge is 0.489 e. The van der Waals surface area contributed by atoms with E-state index in [4.69, 9.17) is 9.88 Å². The third kappa shape index (κ3) is 3.58. The van der Waals surface area contributed by atoms with Gasteiger partial charge in [-0.05, 0) is 49.1 Å². The first-order chi connectivity index (χ1) is 8.25. The van der Waals surface area contributed by atoms with Crippen LogP contribution in [0.3, 0.4) is 0 Å². The monoisotopic (exact) mass is 269 g/mol. The van der Waals surface area contributed by atoms with Gasteiger partial charge in [-0.1, -0.05) is 13.5 Å². The second-order valence-corrected chi connectivity index (χ2v) is 5.88. The number of nitrogens with two attached hydrogens (primary N) is 1. The van der Waals surface area contributed by atoms with Crippen molar-refractivity contribution in [2.75, 3.05) is 6.61 Å². The Morgan fingerprint density at radius 2 is 1.83 bits per heavy atom. The van der Waals surface area contributed by atoms with Crippen LogP contribution in [0.15, 0.2) is 29.2 Å². The van der Waals surface area contributed by atoms with Crippen molar-refractivity contribution < 1.29 is 13.2 Å². The summed E-state index contributed by atoms with van der Waals surface area (Å²) in [4.78, 5) is 0.110. The summed E-state index contributed by atoms with van der Waals surface area (Å²) in [6, 6.07) is 3.04. The van der Waals surface area contributed by atoms with Crippen LogP contribution in [0.2, 0.25) is 0 Å². The lowest BCUT2D eigenvalue weighted by Gasteiger charge is -2.14. The van der Waals surface area contributed by atoms with Crippen molar-refractivity contribution in [1.82, 2.24) is 0 Å². The van der Waals surface area contributed by atoms with Gasteiger partial charge in [-0.15, -0.1) is 0 Å². The second-order valence-electron chi connectivity index (χ2n) is 4.32. The molecule has 1 aromatic rings. The highest BCUT2D eigenvalue weighted by atomic mass is 32.2. The van der Waals surface area contributed by atoms with Crippen LogP contribution in [0.25, 0.3) is 0 Å². The number of aryl methyl sites for hydroxylation is 2. The van der Waals surface area contributed by atoms with Crippen molar-refractivity contribution >= 4 is 10.0 Å². The Kier molecular flexibility index (Phi) is 4.53. The molecule has 0 aliphatic heterocycles. The first-order valence-corrected chi connectivity index (χ1v) is 7.23. The normalized spacial score (nSPS) is 11.3. The first kappa shape index (κ1) is 14.7. The van der Waals surface area contributed by atoms with E-state index in [0.29, 0.717) is 12.4 Å². The molecule has 0 radical (unpaired) electrons. The van der Waals surface area contributed by atoms with Crippen LogP contribution in [0.1, 0.15) is 24.5 Å². The van der Waals surface area contributed by atoms with E-state index in [2.05, 4.69) is 6.58 Å². The Labute approximate surface area is 109 Å². The Morgan fingerprint density at radius 1 is 1.33 bits per heavy atom. The fraction of sp³-hybridized carbons (Fsp3) is 0.385. The quantitative estimate of drug-likeness (QED) is 0.834. The van der Waals surface area contributed by atoms with E-state index in [1.54, 1.807) is 13.8 Å². The lowest BCUT2D eigenvalue weighted by molar-refractivity contribution is 0.344. The van der Waals surface area contributed by atoms with Crippen molar-refractivity contribution in [3.8, 4) is 5.75 Å². The fourth-order valence-corrected chi connectivity index (χ4v) is 2.26. The van der Waals surface area contributed by atoms with Gasteiger partial charge in [0.25, 0.3) is 0 Å². The zero-order chi connectivity index (χ0) is 13.9. The highest BCUT2D eigenvalue weighted by molar-refractivity contribution is 7.89. The molecule has 2 N–H and O–H groups in total. The van der Waals surface area contributed by atoms with E-state index >= 15 is 0 Å². The highest BCUT2D eigenvalue weighted by Crippen LogP contribution is 2.26. The van der Waals surface area contributed by atoms with Gasteiger partial charge in [0.1, 0.15) is 12.4 Å². The van der Waals surface area contributed by atoms with Crippen LogP contribution in [0.4, 0.5) is 0 Å². The molecular weight excluding hydrogens is 250 g/mol. The van der Waals surface area contributed by atoms with Crippen LogP contribution in [0, 0.1) is 13.8 Å². The molecule has 0 heterocycles. The van der Waals surface area contributed by atoms with Crippen molar-refractivity contribution in [2.45, 2.75) is 32.1 Å². The molecule has 0 aromatic heterocycles. The number of hydrogen-bond donors (Lipinski definition) is 1. The highest BCUT2D eigenvalue weighted by Gasteiger charge is 2.13. The van der Waals surface area contributed by atoms with Gasteiger partial charge in [-0.2, -0.15) is 0 Å². The third-order valence-electron chi connectivity index (χ3n) is 2.68.